The third kappa shape index (κ3) is 3.94. The predicted molar refractivity (Wildman–Crippen MR) is 56.7 cm³/mol. The zero-order valence-corrected chi connectivity index (χ0v) is 8.97. The standard InChI is InChI=1S/C11H14F2N2O/c1-7(14)11(16)15-3-2-8-4-9(12)6-10(13)5-8/h4-7H,2-3,14H2,1H3,(H,15,16)/t7-/m1/s1. The molecule has 0 fully saturated rings. The summed E-state index contributed by atoms with van der Waals surface area (Å²) in [4.78, 5) is 11.1. The fourth-order valence-electron chi connectivity index (χ4n) is 1.25. The Hall–Kier alpha value is -1.49. The lowest BCUT2D eigenvalue weighted by atomic mass is 10.1. The van der Waals surface area contributed by atoms with Crippen molar-refractivity contribution >= 4 is 5.91 Å². The number of benzene rings is 1. The summed E-state index contributed by atoms with van der Waals surface area (Å²) in [5, 5.41) is 2.56. The van der Waals surface area contributed by atoms with Gasteiger partial charge in [-0.2, -0.15) is 0 Å². The lowest BCUT2D eigenvalue weighted by Crippen LogP contribution is -2.39. The van der Waals surface area contributed by atoms with Gasteiger partial charge in [-0.3, -0.25) is 4.79 Å². The van der Waals surface area contributed by atoms with Crippen molar-refractivity contribution in [3.05, 3.63) is 35.4 Å². The molecular formula is C11H14F2N2O. The quantitative estimate of drug-likeness (QED) is 0.806. The maximum absolute atomic E-state index is 12.8. The van der Waals surface area contributed by atoms with Crippen LogP contribution in [-0.2, 0) is 11.2 Å². The molecule has 0 saturated heterocycles. The largest absolute Gasteiger partial charge is 0.354 e. The molecule has 1 amide bonds. The Morgan fingerprint density at radius 1 is 1.38 bits per heavy atom. The normalized spacial score (nSPS) is 12.2. The smallest absolute Gasteiger partial charge is 0.236 e. The number of amides is 1. The summed E-state index contributed by atoms with van der Waals surface area (Å²) in [7, 11) is 0. The van der Waals surface area contributed by atoms with Crippen LogP contribution in [0.3, 0.4) is 0 Å². The predicted octanol–water partition coefficient (Wildman–Crippen LogP) is 0.971. The highest BCUT2D eigenvalue weighted by atomic mass is 19.1. The van der Waals surface area contributed by atoms with E-state index < -0.39 is 17.7 Å². The molecule has 0 aliphatic heterocycles. The van der Waals surface area contributed by atoms with E-state index in [-0.39, 0.29) is 5.91 Å². The van der Waals surface area contributed by atoms with Crippen LogP contribution in [0.1, 0.15) is 12.5 Å². The first-order valence-corrected chi connectivity index (χ1v) is 4.97. The van der Waals surface area contributed by atoms with E-state index >= 15 is 0 Å². The van der Waals surface area contributed by atoms with Crippen molar-refractivity contribution in [3.63, 3.8) is 0 Å². The molecule has 0 heterocycles. The van der Waals surface area contributed by atoms with Crippen LogP contribution in [0, 0.1) is 11.6 Å². The number of halogens is 2. The van der Waals surface area contributed by atoms with Gasteiger partial charge >= 0.3 is 0 Å². The second-order valence-corrected chi connectivity index (χ2v) is 3.61. The fraction of sp³-hybridized carbons (Fsp3) is 0.364. The molecule has 0 aliphatic carbocycles. The van der Waals surface area contributed by atoms with Crippen molar-refractivity contribution < 1.29 is 13.6 Å². The van der Waals surface area contributed by atoms with Gasteiger partial charge in [-0.1, -0.05) is 0 Å². The van der Waals surface area contributed by atoms with E-state index in [9.17, 15) is 13.6 Å². The van der Waals surface area contributed by atoms with Gasteiger partial charge in [-0.25, -0.2) is 8.78 Å². The average Bonchev–Trinajstić information content (AvgIpc) is 2.15. The van der Waals surface area contributed by atoms with Crippen LogP contribution in [0.2, 0.25) is 0 Å². The van der Waals surface area contributed by atoms with Crippen molar-refractivity contribution in [1.82, 2.24) is 5.32 Å². The van der Waals surface area contributed by atoms with Crippen LogP contribution in [-0.4, -0.2) is 18.5 Å². The minimum absolute atomic E-state index is 0.281. The first-order chi connectivity index (χ1) is 7.49. The third-order valence-electron chi connectivity index (χ3n) is 2.05. The van der Waals surface area contributed by atoms with Crippen molar-refractivity contribution in [1.29, 1.82) is 0 Å². The number of nitrogens with two attached hydrogens (primary N) is 1. The minimum atomic E-state index is -0.617. The molecule has 3 nitrogen and oxygen atoms in total. The second-order valence-electron chi connectivity index (χ2n) is 3.61. The van der Waals surface area contributed by atoms with Crippen molar-refractivity contribution in [2.75, 3.05) is 6.54 Å². The molecular weight excluding hydrogens is 214 g/mol. The highest BCUT2D eigenvalue weighted by Gasteiger charge is 2.06. The summed E-state index contributed by atoms with van der Waals surface area (Å²) in [6.45, 7) is 1.88. The summed E-state index contributed by atoms with van der Waals surface area (Å²) in [5.74, 6) is -1.51. The monoisotopic (exact) mass is 228 g/mol. The first kappa shape index (κ1) is 12.6. The molecule has 1 aromatic rings. The maximum atomic E-state index is 12.8. The Bertz CT molecular complexity index is 360. The van der Waals surface area contributed by atoms with E-state index in [4.69, 9.17) is 5.73 Å². The highest BCUT2D eigenvalue weighted by Crippen LogP contribution is 2.07. The lowest BCUT2D eigenvalue weighted by molar-refractivity contribution is -0.121. The summed E-state index contributed by atoms with van der Waals surface area (Å²) in [6.07, 6.45) is 0.368. The molecule has 5 heteroatoms. The Labute approximate surface area is 92.6 Å². The van der Waals surface area contributed by atoms with E-state index in [1.54, 1.807) is 6.92 Å². The average molecular weight is 228 g/mol. The van der Waals surface area contributed by atoms with Crippen LogP contribution < -0.4 is 11.1 Å². The molecule has 0 aromatic heterocycles. The Balaban J connectivity index is 2.46. The van der Waals surface area contributed by atoms with Gasteiger partial charge in [-0.15, -0.1) is 0 Å². The number of hydrogen-bond donors (Lipinski definition) is 2. The molecule has 1 rings (SSSR count). The Morgan fingerprint density at radius 2 is 1.94 bits per heavy atom. The van der Waals surface area contributed by atoms with Gasteiger partial charge in [0.05, 0.1) is 6.04 Å². The summed E-state index contributed by atoms with van der Waals surface area (Å²) in [6, 6.07) is 2.70. The zero-order chi connectivity index (χ0) is 12.1. The van der Waals surface area contributed by atoms with Gasteiger partial charge in [0.1, 0.15) is 11.6 Å². The summed E-state index contributed by atoms with van der Waals surface area (Å²) >= 11 is 0. The fourth-order valence-corrected chi connectivity index (χ4v) is 1.25. The van der Waals surface area contributed by atoms with E-state index in [0.717, 1.165) is 6.07 Å². The van der Waals surface area contributed by atoms with Crippen LogP contribution in [0.5, 0.6) is 0 Å². The minimum Gasteiger partial charge on any atom is -0.354 e. The molecule has 16 heavy (non-hydrogen) atoms. The molecule has 0 unspecified atom stereocenters. The number of nitrogens with one attached hydrogen (secondary N) is 1. The number of hydrogen-bond acceptors (Lipinski definition) is 2. The third-order valence-corrected chi connectivity index (χ3v) is 2.05. The van der Waals surface area contributed by atoms with Gasteiger partial charge < -0.3 is 11.1 Å². The molecule has 0 aliphatic rings. The van der Waals surface area contributed by atoms with E-state index in [0.29, 0.717) is 18.5 Å². The van der Waals surface area contributed by atoms with Crippen molar-refractivity contribution in [3.8, 4) is 0 Å². The first-order valence-electron chi connectivity index (χ1n) is 4.97. The van der Waals surface area contributed by atoms with E-state index in [1.807, 2.05) is 0 Å². The topological polar surface area (TPSA) is 55.1 Å². The van der Waals surface area contributed by atoms with Crippen molar-refractivity contribution in [2.45, 2.75) is 19.4 Å². The molecule has 3 N–H and O–H groups in total. The number of carbonyl (C=O) groups excluding carboxylic acids is 1. The van der Waals surface area contributed by atoms with Gasteiger partial charge in [0.2, 0.25) is 5.91 Å². The molecule has 88 valence electrons. The van der Waals surface area contributed by atoms with Crippen LogP contribution >= 0.6 is 0 Å². The van der Waals surface area contributed by atoms with E-state index in [1.165, 1.54) is 12.1 Å². The number of carbonyl (C=O) groups is 1. The molecule has 1 aromatic carbocycles. The SMILES string of the molecule is C[C@@H](N)C(=O)NCCc1cc(F)cc(F)c1. The van der Waals surface area contributed by atoms with Crippen LogP contribution in [0.15, 0.2) is 18.2 Å². The molecule has 0 bridgehead atoms. The second kappa shape index (κ2) is 5.55. The zero-order valence-electron chi connectivity index (χ0n) is 8.97. The van der Waals surface area contributed by atoms with Gasteiger partial charge in [-0.05, 0) is 31.0 Å². The van der Waals surface area contributed by atoms with Gasteiger partial charge in [0, 0.05) is 12.6 Å². The lowest BCUT2D eigenvalue weighted by Gasteiger charge is -2.07. The number of rotatable bonds is 4. The molecule has 0 saturated carbocycles. The maximum Gasteiger partial charge on any atom is 0.236 e. The Morgan fingerprint density at radius 3 is 2.44 bits per heavy atom. The summed E-state index contributed by atoms with van der Waals surface area (Å²) in [5.41, 5.74) is 5.83. The van der Waals surface area contributed by atoms with Crippen LogP contribution in [0.25, 0.3) is 0 Å². The molecule has 1 atom stereocenters. The van der Waals surface area contributed by atoms with Crippen LogP contribution in [0.4, 0.5) is 8.78 Å². The van der Waals surface area contributed by atoms with E-state index in [2.05, 4.69) is 5.32 Å². The molecule has 0 spiro atoms. The molecule has 0 radical (unpaired) electrons. The Kier molecular flexibility index (Phi) is 4.37. The van der Waals surface area contributed by atoms with Gasteiger partial charge in [0.25, 0.3) is 0 Å². The highest BCUT2D eigenvalue weighted by molar-refractivity contribution is 5.80. The van der Waals surface area contributed by atoms with Crippen molar-refractivity contribution in [2.24, 2.45) is 5.73 Å². The summed E-state index contributed by atoms with van der Waals surface area (Å²) < 4.78 is 25.6. The van der Waals surface area contributed by atoms with Gasteiger partial charge in [0.15, 0.2) is 0 Å².